The van der Waals surface area contributed by atoms with Crippen molar-refractivity contribution in [2.75, 3.05) is 19.6 Å². The van der Waals surface area contributed by atoms with Crippen LogP contribution < -0.4 is 10.6 Å². The molecule has 142 valence electrons. The second-order valence-electron chi connectivity index (χ2n) is 7.20. The van der Waals surface area contributed by atoms with Crippen LogP contribution in [-0.4, -0.2) is 30.5 Å². The lowest BCUT2D eigenvalue weighted by molar-refractivity contribution is 0.0948. The van der Waals surface area contributed by atoms with Crippen LogP contribution in [0.15, 0.2) is 10.7 Å². The molecule has 0 aromatic carbocycles. The molecule has 2 N–H and O–H groups in total. The third-order valence-corrected chi connectivity index (χ3v) is 4.97. The Morgan fingerprint density at radius 2 is 1.92 bits per heavy atom. The van der Waals surface area contributed by atoms with Gasteiger partial charge >= 0.3 is 0 Å². The third-order valence-electron chi connectivity index (χ3n) is 4.97. The molecule has 1 aromatic rings. The summed E-state index contributed by atoms with van der Waals surface area (Å²) in [5.74, 6) is 0.881. The maximum Gasteiger partial charge on any atom is 0.273 e. The summed E-state index contributed by atoms with van der Waals surface area (Å²) in [6.07, 6.45) is 15.3. The first-order valence-electron chi connectivity index (χ1n) is 10.3. The lowest BCUT2D eigenvalue weighted by atomic mass is 10.00. The molecule has 1 unspecified atom stereocenters. The van der Waals surface area contributed by atoms with Gasteiger partial charge in [-0.1, -0.05) is 58.3 Å². The van der Waals surface area contributed by atoms with Crippen LogP contribution >= 0.6 is 0 Å². The van der Waals surface area contributed by atoms with Gasteiger partial charge in [0.2, 0.25) is 0 Å². The Labute approximate surface area is 152 Å². The lowest BCUT2D eigenvalue weighted by Crippen LogP contribution is -2.29. The van der Waals surface area contributed by atoms with E-state index in [2.05, 4.69) is 22.5 Å². The molecule has 1 atom stereocenters. The zero-order valence-electron chi connectivity index (χ0n) is 15.8. The minimum atomic E-state index is -0.113. The van der Waals surface area contributed by atoms with E-state index in [1.807, 2.05) is 0 Å². The van der Waals surface area contributed by atoms with E-state index in [1.165, 1.54) is 57.6 Å². The molecule has 2 rings (SSSR count). The van der Waals surface area contributed by atoms with Crippen LogP contribution in [0.5, 0.6) is 0 Å². The molecule has 0 saturated carbocycles. The van der Waals surface area contributed by atoms with Gasteiger partial charge in [-0.3, -0.25) is 4.79 Å². The van der Waals surface area contributed by atoms with Crippen molar-refractivity contribution < 1.29 is 9.21 Å². The summed E-state index contributed by atoms with van der Waals surface area (Å²) in [6, 6.07) is 0. The smallest absolute Gasteiger partial charge is 0.273 e. The van der Waals surface area contributed by atoms with E-state index >= 15 is 0 Å². The number of aromatic nitrogens is 1. The van der Waals surface area contributed by atoms with Crippen LogP contribution in [0.25, 0.3) is 0 Å². The van der Waals surface area contributed by atoms with Gasteiger partial charge in [-0.25, -0.2) is 4.98 Å². The summed E-state index contributed by atoms with van der Waals surface area (Å²) in [7, 11) is 0. The fourth-order valence-electron chi connectivity index (χ4n) is 3.37. The molecule has 1 aliphatic rings. The Balaban J connectivity index is 1.53. The Kier molecular flexibility index (Phi) is 9.63. The van der Waals surface area contributed by atoms with Gasteiger partial charge in [0.05, 0.1) is 0 Å². The molecule has 1 fully saturated rings. The fourth-order valence-corrected chi connectivity index (χ4v) is 3.37. The van der Waals surface area contributed by atoms with Crippen LogP contribution in [0.4, 0.5) is 0 Å². The number of unbranched alkanes of at least 4 members (excludes halogenated alkanes) is 8. The zero-order chi connectivity index (χ0) is 17.7. The first-order valence-corrected chi connectivity index (χ1v) is 10.3. The number of hydrogen-bond donors (Lipinski definition) is 2. The Bertz CT molecular complexity index is 481. The number of oxazole rings is 1. The van der Waals surface area contributed by atoms with Crippen LogP contribution in [-0.2, 0) is 0 Å². The summed E-state index contributed by atoms with van der Waals surface area (Å²) in [6.45, 7) is 4.92. The van der Waals surface area contributed by atoms with E-state index in [0.29, 0.717) is 17.5 Å². The summed E-state index contributed by atoms with van der Waals surface area (Å²) >= 11 is 0. The van der Waals surface area contributed by atoms with Crippen molar-refractivity contribution in [1.29, 1.82) is 0 Å². The van der Waals surface area contributed by atoms with Gasteiger partial charge in [-0.2, -0.15) is 0 Å². The average Bonchev–Trinajstić information content (AvgIpc) is 3.14. The molecular weight excluding hydrogens is 314 g/mol. The summed E-state index contributed by atoms with van der Waals surface area (Å²) in [4.78, 5) is 16.5. The van der Waals surface area contributed by atoms with Gasteiger partial charge in [0.1, 0.15) is 6.26 Å². The SMILES string of the molecule is CCCCCCCCCCCNC(=O)c1coc(C2CCCNC2)n1. The predicted molar refractivity (Wildman–Crippen MR) is 101 cm³/mol. The van der Waals surface area contributed by atoms with Gasteiger partial charge in [-0.15, -0.1) is 0 Å². The molecule has 1 aliphatic heterocycles. The molecule has 0 bridgehead atoms. The fraction of sp³-hybridized carbons (Fsp3) is 0.800. The number of carbonyl (C=O) groups excluding carboxylic acids is 1. The van der Waals surface area contributed by atoms with Gasteiger partial charge in [0.15, 0.2) is 11.6 Å². The number of nitrogens with one attached hydrogen (secondary N) is 2. The Morgan fingerprint density at radius 3 is 2.60 bits per heavy atom. The van der Waals surface area contributed by atoms with Crippen molar-refractivity contribution in [3.05, 3.63) is 17.8 Å². The third kappa shape index (κ3) is 7.59. The van der Waals surface area contributed by atoms with Crippen molar-refractivity contribution in [2.24, 2.45) is 0 Å². The molecule has 0 radical (unpaired) electrons. The van der Waals surface area contributed by atoms with E-state index in [4.69, 9.17) is 4.42 Å². The summed E-state index contributed by atoms with van der Waals surface area (Å²) in [5.41, 5.74) is 0.413. The number of carbonyl (C=O) groups is 1. The number of hydrogen-bond acceptors (Lipinski definition) is 4. The standard InChI is InChI=1S/C20H35N3O2/c1-2-3-4-5-6-7-8-9-10-14-22-19(24)18-16-25-20(23-18)17-12-11-13-21-15-17/h16-17,21H,2-15H2,1H3,(H,22,24). The van der Waals surface area contributed by atoms with E-state index in [-0.39, 0.29) is 5.91 Å². The zero-order valence-corrected chi connectivity index (χ0v) is 15.8. The second kappa shape index (κ2) is 12.1. The monoisotopic (exact) mass is 349 g/mol. The molecule has 5 heteroatoms. The van der Waals surface area contributed by atoms with E-state index < -0.39 is 0 Å². The van der Waals surface area contributed by atoms with Crippen molar-refractivity contribution in [2.45, 2.75) is 83.5 Å². The van der Waals surface area contributed by atoms with Crippen LogP contribution in [0.3, 0.4) is 0 Å². The van der Waals surface area contributed by atoms with E-state index in [0.717, 1.165) is 38.9 Å². The Morgan fingerprint density at radius 1 is 1.20 bits per heavy atom. The van der Waals surface area contributed by atoms with Gasteiger partial charge in [-0.05, 0) is 25.8 Å². The maximum absolute atomic E-state index is 12.1. The molecule has 1 amide bonds. The van der Waals surface area contributed by atoms with Crippen LogP contribution in [0.2, 0.25) is 0 Å². The average molecular weight is 350 g/mol. The second-order valence-corrected chi connectivity index (χ2v) is 7.20. The number of rotatable bonds is 12. The highest BCUT2D eigenvalue weighted by Crippen LogP contribution is 2.22. The summed E-state index contributed by atoms with van der Waals surface area (Å²) in [5, 5.41) is 6.30. The molecule has 5 nitrogen and oxygen atoms in total. The highest BCUT2D eigenvalue weighted by molar-refractivity contribution is 5.91. The molecule has 0 spiro atoms. The normalized spacial score (nSPS) is 17.6. The molecule has 0 aliphatic carbocycles. The Hall–Kier alpha value is -1.36. The van der Waals surface area contributed by atoms with Crippen LogP contribution in [0.1, 0.15) is 99.8 Å². The predicted octanol–water partition coefficient (Wildman–Crippen LogP) is 4.40. The number of amides is 1. The number of piperidine rings is 1. The quantitative estimate of drug-likeness (QED) is 0.549. The highest BCUT2D eigenvalue weighted by Gasteiger charge is 2.21. The van der Waals surface area contributed by atoms with Crippen LogP contribution in [0, 0.1) is 0 Å². The largest absolute Gasteiger partial charge is 0.448 e. The first-order chi connectivity index (χ1) is 12.3. The summed E-state index contributed by atoms with van der Waals surface area (Å²) < 4.78 is 5.51. The van der Waals surface area contributed by atoms with Crippen molar-refractivity contribution >= 4 is 5.91 Å². The highest BCUT2D eigenvalue weighted by atomic mass is 16.3. The topological polar surface area (TPSA) is 67.2 Å². The molecule has 1 saturated heterocycles. The first kappa shape index (κ1) is 20.0. The van der Waals surface area contributed by atoms with Crippen molar-refractivity contribution in [3.8, 4) is 0 Å². The maximum atomic E-state index is 12.1. The van der Waals surface area contributed by atoms with Crippen molar-refractivity contribution in [1.82, 2.24) is 15.6 Å². The van der Waals surface area contributed by atoms with E-state index in [9.17, 15) is 4.79 Å². The van der Waals surface area contributed by atoms with Gasteiger partial charge in [0, 0.05) is 19.0 Å². The number of nitrogens with zero attached hydrogens (tertiary/aromatic N) is 1. The lowest BCUT2D eigenvalue weighted by Gasteiger charge is -2.19. The molecule has 1 aromatic heterocycles. The van der Waals surface area contributed by atoms with E-state index in [1.54, 1.807) is 0 Å². The molecule has 2 heterocycles. The minimum Gasteiger partial charge on any atom is -0.448 e. The van der Waals surface area contributed by atoms with Gasteiger partial charge in [0.25, 0.3) is 5.91 Å². The molecular formula is C20H35N3O2. The minimum absolute atomic E-state index is 0.113. The van der Waals surface area contributed by atoms with Crippen molar-refractivity contribution in [3.63, 3.8) is 0 Å². The molecule has 25 heavy (non-hydrogen) atoms. The van der Waals surface area contributed by atoms with Gasteiger partial charge < -0.3 is 15.1 Å².